The van der Waals surface area contributed by atoms with Crippen LogP contribution in [-0.4, -0.2) is 45.4 Å². The molecule has 2 aromatic heterocycles. The lowest BCUT2D eigenvalue weighted by molar-refractivity contribution is -0.274. The van der Waals surface area contributed by atoms with Gasteiger partial charge in [0.2, 0.25) is 0 Å². The van der Waals surface area contributed by atoms with Crippen LogP contribution in [0.15, 0.2) is 36.5 Å². The molecule has 9 heteroatoms. The maximum absolute atomic E-state index is 12.4. The normalized spacial score (nSPS) is 18.0. The molecular formula is C20H19F3N4O2. The second-order valence-corrected chi connectivity index (χ2v) is 7.55. The number of β-amino-alcohol motifs (C(OH)–C–C–N with tert-alkyl or cyclic N) is 1. The van der Waals surface area contributed by atoms with Gasteiger partial charge in [-0.15, -0.1) is 13.2 Å². The van der Waals surface area contributed by atoms with Gasteiger partial charge in [0.15, 0.2) is 5.65 Å². The lowest BCUT2D eigenvalue weighted by atomic mass is 9.82. The lowest BCUT2D eigenvalue weighted by Crippen LogP contribution is -2.50. The van der Waals surface area contributed by atoms with Gasteiger partial charge in [0.25, 0.3) is 0 Å². The first-order chi connectivity index (χ1) is 13.9. The highest BCUT2D eigenvalue weighted by atomic mass is 19.4. The Kier molecular flexibility index (Phi) is 4.16. The number of aliphatic hydroxyl groups is 1. The SMILES string of the molecule is OC1CN(c2ccnc3c2c(C2CCC2)nn3-c2ccc(OC(F)(F)F)cc2)C1. The summed E-state index contributed by atoms with van der Waals surface area (Å²) in [5, 5.41) is 15.5. The van der Waals surface area contributed by atoms with E-state index in [1.54, 1.807) is 23.0 Å². The molecule has 0 unspecified atom stereocenters. The molecule has 2 fully saturated rings. The highest BCUT2D eigenvalue weighted by Crippen LogP contribution is 2.43. The summed E-state index contributed by atoms with van der Waals surface area (Å²) < 4.78 is 42.9. The molecule has 0 radical (unpaired) electrons. The van der Waals surface area contributed by atoms with E-state index in [0.29, 0.717) is 30.3 Å². The van der Waals surface area contributed by atoms with Gasteiger partial charge in [-0.1, -0.05) is 6.42 Å². The van der Waals surface area contributed by atoms with Gasteiger partial charge in [-0.2, -0.15) is 5.10 Å². The molecule has 1 aliphatic carbocycles. The zero-order valence-electron chi connectivity index (χ0n) is 15.4. The van der Waals surface area contributed by atoms with Crippen LogP contribution < -0.4 is 9.64 Å². The Morgan fingerprint density at radius 2 is 1.79 bits per heavy atom. The van der Waals surface area contributed by atoms with Crippen molar-refractivity contribution in [3.63, 3.8) is 0 Å². The van der Waals surface area contributed by atoms with E-state index in [9.17, 15) is 18.3 Å². The van der Waals surface area contributed by atoms with Crippen molar-refractivity contribution >= 4 is 16.7 Å². The third-order valence-electron chi connectivity index (χ3n) is 5.58. The molecule has 0 spiro atoms. The van der Waals surface area contributed by atoms with Crippen LogP contribution in [0.3, 0.4) is 0 Å². The first kappa shape index (κ1) is 18.2. The third kappa shape index (κ3) is 3.29. The van der Waals surface area contributed by atoms with Gasteiger partial charge in [-0.3, -0.25) is 0 Å². The average Bonchev–Trinajstić information content (AvgIpc) is 2.96. The van der Waals surface area contributed by atoms with E-state index in [1.165, 1.54) is 12.1 Å². The second-order valence-electron chi connectivity index (χ2n) is 7.55. The number of rotatable bonds is 4. The van der Waals surface area contributed by atoms with Gasteiger partial charge in [-0.05, 0) is 43.2 Å². The van der Waals surface area contributed by atoms with Crippen molar-refractivity contribution in [1.82, 2.24) is 14.8 Å². The second kappa shape index (κ2) is 6.62. The minimum absolute atomic E-state index is 0.278. The molecule has 3 heterocycles. The average molecular weight is 404 g/mol. The molecule has 152 valence electrons. The standard InChI is InChI=1S/C20H19F3N4O2/c21-20(22,23)29-15-6-4-13(5-7-15)27-19-17(18(25-27)12-2-1-3-12)16(8-9-24-19)26-10-14(28)11-26/h4-9,12,14,28H,1-3,10-11H2. The quantitative estimate of drug-likeness (QED) is 0.717. The van der Waals surface area contributed by atoms with Crippen LogP contribution >= 0.6 is 0 Å². The number of anilines is 1. The number of aliphatic hydroxyl groups excluding tert-OH is 1. The molecule has 0 amide bonds. The number of nitrogens with zero attached hydrogens (tertiary/aromatic N) is 4. The summed E-state index contributed by atoms with van der Waals surface area (Å²) in [6.07, 6.45) is -0.0906. The van der Waals surface area contributed by atoms with Gasteiger partial charge >= 0.3 is 6.36 Å². The number of pyridine rings is 1. The molecule has 6 nitrogen and oxygen atoms in total. The van der Waals surface area contributed by atoms with E-state index in [1.807, 2.05) is 6.07 Å². The van der Waals surface area contributed by atoms with Crippen molar-refractivity contribution < 1.29 is 23.0 Å². The first-order valence-corrected chi connectivity index (χ1v) is 9.56. The predicted molar refractivity (Wildman–Crippen MR) is 100 cm³/mol. The topological polar surface area (TPSA) is 63.4 Å². The number of hydrogen-bond acceptors (Lipinski definition) is 5. The number of halogens is 3. The summed E-state index contributed by atoms with van der Waals surface area (Å²) in [4.78, 5) is 6.62. The summed E-state index contributed by atoms with van der Waals surface area (Å²) in [5.74, 6) is 0.0703. The number of alkyl halides is 3. The molecule has 1 saturated heterocycles. The van der Waals surface area contributed by atoms with Gasteiger partial charge in [0, 0.05) is 25.2 Å². The smallest absolute Gasteiger partial charge is 0.406 e. The van der Waals surface area contributed by atoms with Crippen LogP contribution in [0.25, 0.3) is 16.7 Å². The molecule has 3 aromatic rings. The molecule has 5 rings (SSSR count). The van der Waals surface area contributed by atoms with Crippen LogP contribution in [-0.2, 0) is 0 Å². The number of aromatic nitrogens is 3. The van der Waals surface area contributed by atoms with Gasteiger partial charge in [-0.25, -0.2) is 9.67 Å². The molecule has 2 aliphatic rings. The summed E-state index contributed by atoms with van der Waals surface area (Å²) >= 11 is 0. The van der Waals surface area contributed by atoms with E-state index in [2.05, 4.69) is 14.6 Å². The molecule has 1 saturated carbocycles. The van der Waals surface area contributed by atoms with Crippen LogP contribution in [0.4, 0.5) is 18.9 Å². The van der Waals surface area contributed by atoms with Crippen molar-refractivity contribution in [2.75, 3.05) is 18.0 Å². The summed E-state index contributed by atoms with van der Waals surface area (Å²) in [7, 11) is 0. The molecule has 0 atom stereocenters. The van der Waals surface area contributed by atoms with Crippen LogP contribution in [0.2, 0.25) is 0 Å². The van der Waals surface area contributed by atoms with Crippen molar-refractivity contribution in [1.29, 1.82) is 0 Å². The fourth-order valence-corrected chi connectivity index (χ4v) is 3.90. The molecule has 1 aromatic carbocycles. The van der Waals surface area contributed by atoms with Gasteiger partial charge in [0.1, 0.15) is 5.75 Å². The minimum Gasteiger partial charge on any atom is -0.406 e. The zero-order valence-corrected chi connectivity index (χ0v) is 15.4. The highest BCUT2D eigenvalue weighted by molar-refractivity contribution is 5.93. The minimum atomic E-state index is -4.73. The Bertz CT molecular complexity index is 1040. The fraction of sp³-hybridized carbons (Fsp3) is 0.400. The molecule has 1 aliphatic heterocycles. The maximum Gasteiger partial charge on any atom is 0.573 e. The monoisotopic (exact) mass is 404 g/mol. The fourth-order valence-electron chi connectivity index (χ4n) is 3.90. The Balaban J connectivity index is 1.58. The van der Waals surface area contributed by atoms with E-state index < -0.39 is 6.36 Å². The van der Waals surface area contributed by atoms with Gasteiger partial charge in [0.05, 0.1) is 28.6 Å². The maximum atomic E-state index is 12.4. The predicted octanol–water partition coefficient (Wildman–Crippen LogP) is 3.77. The van der Waals surface area contributed by atoms with E-state index in [4.69, 9.17) is 5.10 Å². The Labute approximate surface area is 164 Å². The third-order valence-corrected chi connectivity index (χ3v) is 5.58. The molecule has 0 bridgehead atoms. The first-order valence-electron chi connectivity index (χ1n) is 9.56. The summed E-state index contributed by atoms with van der Waals surface area (Å²) in [6, 6.07) is 7.56. The van der Waals surface area contributed by atoms with E-state index in [-0.39, 0.29) is 11.9 Å². The number of ether oxygens (including phenoxy) is 1. The lowest BCUT2D eigenvalue weighted by Gasteiger charge is -2.38. The molecule has 29 heavy (non-hydrogen) atoms. The number of benzene rings is 1. The van der Waals surface area contributed by atoms with Crippen molar-refractivity contribution in [2.45, 2.75) is 37.6 Å². The van der Waals surface area contributed by atoms with Gasteiger partial charge < -0.3 is 14.7 Å². The zero-order chi connectivity index (χ0) is 20.2. The Morgan fingerprint density at radius 1 is 1.07 bits per heavy atom. The molecule has 1 N–H and O–H groups in total. The van der Waals surface area contributed by atoms with Crippen LogP contribution in [0.5, 0.6) is 5.75 Å². The largest absolute Gasteiger partial charge is 0.573 e. The van der Waals surface area contributed by atoms with Crippen LogP contribution in [0, 0.1) is 0 Å². The Morgan fingerprint density at radius 3 is 2.38 bits per heavy atom. The van der Waals surface area contributed by atoms with E-state index >= 15 is 0 Å². The number of fused-ring (bicyclic) bond motifs is 1. The highest BCUT2D eigenvalue weighted by Gasteiger charge is 2.33. The van der Waals surface area contributed by atoms with Crippen LogP contribution in [0.1, 0.15) is 30.9 Å². The molecular weight excluding hydrogens is 385 g/mol. The Hall–Kier alpha value is -2.81. The summed E-state index contributed by atoms with van der Waals surface area (Å²) in [5.41, 5.74) is 3.23. The van der Waals surface area contributed by atoms with E-state index in [0.717, 1.165) is 36.0 Å². The van der Waals surface area contributed by atoms with Crippen molar-refractivity contribution in [3.8, 4) is 11.4 Å². The van der Waals surface area contributed by atoms with Crippen molar-refractivity contribution in [2.24, 2.45) is 0 Å². The van der Waals surface area contributed by atoms with Crippen molar-refractivity contribution in [3.05, 3.63) is 42.2 Å². The number of hydrogen-bond donors (Lipinski definition) is 1. The summed E-state index contributed by atoms with van der Waals surface area (Å²) in [6.45, 7) is 1.13.